The third kappa shape index (κ3) is 3.58. The summed E-state index contributed by atoms with van der Waals surface area (Å²) in [5.41, 5.74) is 4.87. The van der Waals surface area contributed by atoms with Crippen LogP contribution in [0.3, 0.4) is 0 Å². The molecule has 1 heterocycles. The van der Waals surface area contributed by atoms with Crippen LogP contribution in [0.5, 0.6) is 0 Å². The molecule has 6 heteroatoms. The molecule has 0 aliphatic rings. The summed E-state index contributed by atoms with van der Waals surface area (Å²) < 4.78 is 1.56. The maximum absolute atomic E-state index is 11.9. The third-order valence-corrected chi connectivity index (χ3v) is 2.26. The molecule has 1 aromatic heterocycles. The van der Waals surface area contributed by atoms with Gasteiger partial charge in [-0.05, 0) is 12.8 Å². The van der Waals surface area contributed by atoms with E-state index < -0.39 is 11.9 Å². The maximum Gasteiger partial charge on any atom is 0.293 e. The highest BCUT2D eigenvalue weighted by Crippen LogP contribution is 2.00. The monoisotopic (exact) mass is 238 g/mol. The van der Waals surface area contributed by atoms with Gasteiger partial charge in [0.25, 0.3) is 5.56 Å². The second-order valence-electron chi connectivity index (χ2n) is 4.40. The van der Waals surface area contributed by atoms with Crippen molar-refractivity contribution < 1.29 is 4.79 Å². The van der Waals surface area contributed by atoms with Gasteiger partial charge >= 0.3 is 0 Å². The lowest BCUT2D eigenvalue weighted by Crippen LogP contribution is -2.36. The van der Waals surface area contributed by atoms with Crippen molar-refractivity contribution >= 4 is 11.7 Å². The van der Waals surface area contributed by atoms with Crippen LogP contribution in [0, 0.1) is 5.92 Å². The zero-order valence-corrected chi connectivity index (χ0v) is 10.3. The van der Waals surface area contributed by atoms with Gasteiger partial charge in [0.05, 0.1) is 0 Å². The lowest BCUT2D eigenvalue weighted by molar-refractivity contribution is -0.118. The van der Waals surface area contributed by atoms with Crippen molar-refractivity contribution in [3.8, 4) is 0 Å². The fourth-order valence-electron chi connectivity index (χ4n) is 1.36. The number of nitrogens with two attached hydrogens (primary N) is 1. The molecule has 0 bridgehead atoms. The van der Waals surface area contributed by atoms with Crippen molar-refractivity contribution in [1.29, 1.82) is 0 Å². The smallest absolute Gasteiger partial charge is 0.293 e. The number of carbonyl (C=O) groups excluding carboxylic acids is 1. The Morgan fingerprint density at radius 3 is 2.71 bits per heavy atom. The van der Waals surface area contributed by atoms with Gasteiger partial charge < -0.3 is 15.6 Å². The first-order valence-electron chi connectivity index (χ1n) is 5.53. The summed E-state index contributed by atoms with van der Waals surface area (Å²) in [6.45, 7) is 6.24. The second-order valence-corrected chi connectivity index (χ2v) is 4.40. The van der Waals surface area contributed by atoms with Crippen LogP contribution in [-0.2, 0) is 11.3 Å². The van der Waals surface area contributed by atoms with E-state index in [1.54, 1.807) is 17.7 Å². The summed E-state index contributed by atoms with van der Waals surface area (Å²) in [6.07, 6.45) is 3.16. The molecular weight excluding hydrogens is 220 g/mol. The zero-order chi connectivity index (χ0) is 13.0. The molecule has 1 unspecified atom stereocenters. The minimum atomic E-state index is -0.620. The summed E-state index contributed by atoms with van der Waals surface area (Å²) in [5.74, 6) is -0.0126. The van der Waals surface area contributed by atoms with Crippen molar-refractivity contribution in [2.75, 3.05) is 5.32 Å². The molecule has 94 valence electrons. The molecule has 1 amide bonds. The summed E-state index contributed by atoms with van der Waals surface area (Å²) >= 11 is 0. The van der Waals surface area contributed by atoms with Gasteiger partial charge in [0, 0.05) is 18.9 Å². The fraction of sp³-hybridized carbons (Fsp3) is 0.545. The lowest BCUT2D eigenvalue weighted by atomic mass is 10.2. The van der Waals surface area contributed by atoms with E-state index >= 15 is 0 Å². The Kier molecular flexibility index (Phi) is 4.25. The van der Waals surface area contributed by atoms with Crippen molar-refractivity contribution in [1.82, 2.24) is 9.55 Å². The average molecular weight is 238 g/mol. The number of hydrogen-bond donors (Lipinski definition) is 2. The van der Waals surface area contributed by atoms with Gasteiger partial charge in [-0.15, -0.1) is 0 Å². The molecule has 1 atom stereocenters. The Morgan fingerprint density at radius 2 is 2.18 bits per heavy atom. The molecule has 0 fully saturated rings. The Balaban J connectivity index is 2.94. The predicted molar refractivity (Wildman–Crippen MR) is 65.6 cm³/mol. The van der Waals surface area contributed by atoms with Crippen molar-refractivity contribution in [2.45, 2.75) is 33.4 Å². The van der Waals surface area contributed by atoms with Crippen LogP contribution in [0.15, 0.2) is 17.2 Å². The number of hydrogen-bond acceptors (Lipinski definition) is 4. The van der Waals surface area contributed by atoms with Crippen LogP contribution in [0.2, 0.25) is 0 Å². The summed E-state index contributed by atoms with van der Waals surface area (Å²) in [6, 6.07) is -0.620. The average Bonchev–Trinajstić information content (AvgIpc) is 2.23. The molecular formula is C11H18N4O2. The molecule has 0 aromatic carbocycles. The first-order valence-corrected chi connectivity index (χ1v) is 5.53. The van der Waals surface area contributed by atoms with Crippen LogP contribution in [0.4, 0.5) is 5.82 Å². The molecule has 3 N–H and O–H groups in total. The van der Waals surface area contributed by atoms with Crippen molar-refractivity contribution in [3.63, 3.8) is 0 Å². The van der Waals surface area contributed by atoms with Gasteiger partial charge in [-0.1, -0.05) is 13.8 Å². The number of carbonyl (C=O) groups is 1. The summed E-state index contributed by atoms with van der Waals surface area (Å²) in [7, 11) is 0. The molecule has 6 nitrogen and oxygen atoms in total. The molecule has 0 spiro atoms. The van der Waals surface area contributed by atoms with E-state index in [1.165, 1.54) is 6.20 Å². The van der Waals surface area contributed by atoms with Gasteiger partial charge in [-0.3, -0.25) is 9.59 Å². The summed E-state index contributed by atoms with van der Waals surface area (Å²) in [4.78, 5) is 26.8. The first kappa shape index (κ1) is 13.2. The van der Waals surface area contributed by atoms with E-state index in [0.717, 1.165) is 0 Å². The largest absolute Gasteiger partial charge is 0.368 e. The van der Waals surface area contributed by atoms with E-state index in [0.29, 0.717) is 12.5 Å². The topological polar surface area (TPSA) is 90.0 Å². The number of rotatable bonds is 5. The van der Waals surface area contributed by atoms with E-state index in [-0.39, 0.29) is 11.4 Å². The highest BCUT2D eigenvalue weighted by Gasteiger charge is 2.12. The van der Waals surface area contributed by atoms with Gasteiger partial charge in [-0.25, -0.2) is 4.98 Å². The molecule has 1 aromatic rings. The molecule has 0 aliphatic heterocycles. The van der Waals surface area contributed by atoms with E-state index in [9.17, 15) is 9.59 Å². The van der Waals surface area contributed by atoms with Gasteiger partial charge in [0.2, 0.25) is 5.91 Å². The van der Waals surface area contributed by atoms with Gasteiger partial charge in [0.1, 0.15) is 6.04 Å². The molecule has 1 rings (SSSR count). The number of nitrogens with one attached hydrogen (secondary N) is 1. The van der Waals surface area contributed by atoms with E-state index in [2.05, 4.69) is 10.3 Å². The Morgan fingerprint density at radius 1 is 1.53 bits per heavy atom. The number of primary amides is 1. The maximum atomic E-state index is 11.9. The number of aromatic nitrogens is 2. The lowest BCUT2D eigenvalue weighted by Gasteiger charge is -2.13. The Labute approximate surface area is 99.8 Å². The molecule has 0 aliphatic carbocycles. The minimum Gasteiger partial charge on any atom is -0.368 e. The Hall–Kier alpha value is -1.85. The predicted octanol–water partition coefficient (Wildman–Crippen LogP) is 0.185. The SMILES string of the molecule is CC(C)Cn1ccnc(NC(C)C(N)=O)c1=O. The quantitative estimate of drug-likeness (QED) is 0.766. The van der Waals surface area contributed by atoms with E-state index in [4.69, 9.17) is 5.73 Å². The zero-order valence-electron chi connectivity index (χ0n) is 10.3. The van der Waals surface area contributed by atoms with E-state index in [1.807, 2.05) is 13.8 Å². The van der Waals surface area contributed by atoms with Crippen LogP contribution < -0.4 is 16.6 Å². The second kappa shape index (κ2) is 5.47. The minimum absolute atomic E-state index is 0.152. The normalized spacial score (nSPS) is 12.5. The van der Waals surface area contributed by atoms with Crippen LogP contribution in [0.25, 0.3) is 0 Å². The highest BCUT2D eigenvalue weighted by molar-refractivity contribution is 5.82. The third-order valence-electron chi connectivity index (χ3n) is 2.26. The Bertz CT molecular complexity index is 453. The van der Waals surface area contributed by atoms with Crippen LogP contribution >= 0.6 is 0 Å². The van der Waals surface area contributed by atoms with Crippen molar-refractivity contribution in [3.05, 3.63) is 22.7 Å². The van der Waals surface area contributed by atoms with Crippen LogP contribution in [0.1, 0.15) is 20.8 Å². The molecule has 0 radical (unpaired) electrons. The number of amides is 1. The standard InChI is InChI=1S/C11H18N4O2/c1-7(2)6-15-5-4-13-10(11(15)17)14-8(3)9(12)16/h4-5,7-8H,6H2,1-3H3,(H2,12,16)(H,13,14). The molecule has 17 heavy (non-hydrogen) atoms. The summed E-state index contributed by atoms with van der Waals surface area (Å²) in [5, 5.41) is 2.70. The first-order chi connectivity index (χ1) is 7.91. The van der Waals surface area contributed by atoms with Crippen LogP contribution in [-0.4, -0.2) is 21.5 Å². The fourth-order valence-corrected chi connectivity index (χ4v) is 1.36. The van der Waals surface area contributed by atoms with Gasteiger partial charge in [-0.2, -0.15) is 0 Å². The van der Waals surface area contributed by atoms with Gasteiger partial charge in [0.15, 0.2) is 5.82 Å². The van der Waals surface area contributed by atoms with Crippen molar-refractivity contribution in [2.24, 2.45) is 11.7 Å². The number of nitrogens with zero attached hydrogens (tertiary/aromatic N) is 2. The number of anilines is 1. The molecule has 0 saturated heterocycles. The highest BCUT2D eigenvalue weighted by atomic mass is 16.1. The molecule has 0 saturated carbocycles.